The maximum Gasteiger partial charge on any atom is 0.240 e. The first kappa shape index (κ1) is 12.8. The first-order valence-corrected chi connectivity index (χ1v) is 6.72. The summed E-state index contributed by atoms with van der Waals surface area (Å²) in [5, 5.41) is 7.05. The summed E-state index contributed by atoms with van der Waals surface area (Å²) in [6.45, 7) is 5.80. The summed E-state index contributed by atoms with van der Waals surface area (Å²) in [6.07, 6.45) is 0.441. The van der Waals surface area contributed by atoms with Gasteiger partial charge in [-0.2, -0.15) is 5.10 Å². The third-order valence-electron chi connectivity index (χ3n) is 4.06. The van der Waals surface area contributed by atoms with Crippen molar-refractivity contribution in [1.29, 1.82) is 0 Å². The Labute approximate surface area is 117 Å². The fourth-order valence-electron chi connectivity index (χ4n) is 2.73. The lowest BCUT2D eigenvalue weighted by Crippen LogP contribution is -2.32. The average molecular weight is 271 g/mol. The molecule has 2 amide bonds. The van der Waals surface area contributed by atoms with Gasteiger partial charge in [-0.05, 0) is 37.1 Å². The van der Waals surface area contributed by atoms with Gasteiger partial charge in [0.15, 0.2) is 0 Å². The van der Waals surface area contributed by atoms with E-state index in [-0.39, 0.29) is 17.7 Å². The first-order chi connectivity index (χ1) is 9.39. The molecule has 0 saturated heterocycles. The Bertz CT molecular complexity index is 647. The van der Waals surface area contributed by atoms with Crippen molar-refractivity contribution in [3.63, 3.8) is 0 Å². The number of nitrogens with zero attached hydrogens (tertiary/aromatic N) is 1. The Morgan fingerprint density at radius 1 is 1.30 bits per heavy atom. The number of hydrogen-bond acceptors (Lipinski definition) is 3. The largest absolute Gasteiger partial charge is 0.325 e. The van der Waals surface area contributed by atoms with Crippen molar-refractivity contribution in [3.05, 3.63) is 29.3 Å². The zero-order valence-electron chi connectivity index (χ0n) is 11.8. The Hall–Kier alpha value is -2.17. The monoisotopic (exact) mass is 271 g/mol. The molecule has 1 unspecified atom stereocenters. The molecule has 0 saturated carbocycles. The quantitative estimate of drug-likeness (QED) is 0.817. The number of benzene rings is 1. The van der Waals surface area contributed by atoms with Crippen LogP contribution in [-0.4, -0.2) is 17.5 Å². The SMILES string of the molecule is CC1CC(=O)NN=C1c1ccc2c(c1)C(C)(C)C(=O)N2. The van der Waals surface area contributed by atoms with Crippen molar-refractivity contribution in [3.8, 4) is 0 Å². The van der Waals surface area contributed by atoms with Gasteiger partial charge in [0, 0.05) is 18.0 Å². The molecule has 1 aromatic carbocycles. The third kappa shape index (κ3) is 1.81. The van der Waals surface area contributed by atoms with E-state index in [2.05, 4.69) is 15.8 Å². The minimum absolute atomic E-state index is 0.0107. The van der Waals surface area contributed by atoms with Gasteiger partial charge < -0.3 is 5.32 Å². The number of anilines is 1. The van der Waals surface area contributed by atoms with E-state index in [1.165, 1.54) is 0 Å². The van der Waals surface area contributed by atoms with Gasteiger partial charge in [0.2, 0.25) is 11.8 Å². The molecule has 2 N–H and O–H groups in total. The van der Waals surface area contributed by atoms with E-state index in [4.69, 9.17) is 0 Å². The molecular formula is C15H17N3O2. The van der Waals surface area contributed by atoms with Gasteiger partial charge in [-0.3, -0.25) is 9.59 Å². The molecule has 0 aliphatic carbocycles. The summed E-state index contributed by atoms with van der Waals surface area (Å²) < 4.78 is 0. The number of hydrazone groups is 1. The number of fused-ring (bicyclic) bond motifs is 1. The normalized spacial score (nSPS) is 23.8. The zero-order chi connectivity index (χ0) is 14.5. The summed E-state index contributed by atoms with van der Waals surface area (Å²) in [6, 6.07) is 5.84. The molecule has 1 atom stereocenters. The molecule has 0 bridgehead atoms. The van der Waals surface area contributed by atoms with Crippen molar-refractivity contribution < 1.29 is 9.59 Å². The summed E-state index contributed by atoms with van der Waals surface area (Å²) in [4.78, 5) is 23.3. The van der Waals surface area contributed by atoms with Crippen molar-refractivity contribution in [1.82, 2.24) is 5.43 Å². The average Bonchev–Trinajstić information content (AvgIpc) is 2.60. The maximum atomic E-state index is 11.9. The maximum absolute atomic E-state index is 11.9. The Morgan fingerprint density at radius 2 is 2.05 bits per heavy atom. The van der Waals surface area contributed by atoms with Gasteiger partial charge in [-0.1, -0.05) is 13.0 Å². The highest BCUT2D eigenvalue weighted by Gasteiger charge is 2.38. The molecule has 0 fully saturated rings. The van der Waals surface area contributed by atoms with E-state index < -0.39 is 5.41 Å². The van der Waals surface area contributed by atoms with E-state index in [0.717, 1.165) is 22.5 Å². The van der Waals surface area contributed by atoms with E-state index in [1.807, 2.05) is 39.0 Å². The van der Waals surface area contributed by atoms with Crippen molar-refractivity contribution in [2.45, 2.75) is 32.6 Å². The molecular weight excluding hydrogens is 254 g/mol. The van der Waals surface area contributed by atoms with Gasteiger partial charge in [0.1, 0.15) is 0 Å². The summed E-state index contributed by atoms with van der Waals surface area (Å²) in [5.41, 5.74) is 5.65. The van der Waals surface area contributed by atoms with Crippen LogP contribution in [0.5, 0.6) is 0 Å². The van der Waals surface area contributed by atoms with Gasteiger partial charge in [0.05, 0.1) is 11.1 Å². The number of amides is 2. The molecule has 2 aliphatic rings. The van der Waals surface area contributed by atoms with E-state index in [9.17, 15) is 9.59 Å². The topological polar surface area (TPSA) is 70.6 Å². The van der Waals surface area contributed by atoms with Crippen LogP contribution in [0.4, 0.5) is 5.69 Å². The second-order valence-electron chi connectivity index (χ2n) is 5.98. The lowest BCUT2D eigenvalue weighted by molar-refractivity contribution is -0.122. The van der Waals surface area contributed by atoms with Crippen molar-refractivity contribution in [2.75, 3.05) is 5.32 Å². The number of carbonyl (C=O) groups is 2. The van der Waals surface area contributed by atoms with E-state index in [0.29, 0.717) is 6.42 Å². The van der Waals surface area contributed by atoms with Crippen LogP contribution in [0.1, 0.15) is 38.3 Å². The fraction of sp³-hybridized carbons (Fsp3) is 0.400. The lowest BCUT2D eigenvalue weighted by Gasteiger charge is -2.21. The molecule has 1 aromatic rings. The molecule has 5 nitrogen and oxygen atoms in total. The lowest BCUT2D eigenvalue weighted by atomic mass is 9.84. The van der Waals surface area contributed by atoms with E-state index >= 15 is 0 Å². The molecule has 3 rings (SSSR count). The first-order valence-electron chi connectivity index (χ1n) is 6.72. The third-order valence-corrected chi connectivity index (χ3v) is 4.06. The molecule has 2 aliphatic heterocycles. The van der Waals surface area contributed by atoms with Crippen LogP contribution in [-0.2, 0) is 15.0 Å². The predicted octanol–water partition coefficient (Wildman–Crippen LogP) is 1.78. The van der Waals surface area contributed by atoms with Crippen LogP contribution in [0.25, 0.3) is 0 Å². The fourth-order valence-corrected chi connectivity index (χ4v) is 2.73. The predicted molar refractivity (Wildman–Crippen MR) is 76.6 cm³/mol. The van der Waals surface area contributed by atoms with E-state index in [1.54, 1.807) is 0 Å². The second kappa shape index (κ2) is 4.16. The molecule has 0 aromatic heterocycles. The Morgan fingerprint density at radius 3 is 2.75 bits per heavy atom. The van der Waals surface area contributed by atoms with Crippen LogP contribution < -0.4 is 10.7 Å². The van der Waals surface area contributed by atoms with Gasteiger partial charge >= 0.3 is 0 Å². The highest BCUT2D eigenvalue weighted by Crippen LogP contribution is 2.38. The summed E-state index contributed by atoms with van der Waals surface area (Å²) in [5.74, 6) is 0.0335. The van der Waals surface area contributed by atoms with Gasteiger partial charge in [0.25, 0.3) is 0 Å². The molecule has 104 valence electrons. The van der Waals surface area contributed by atoms with Gasteiger partial charge in [-0.25, -0.2) is 5.43 Å². The zero-order valence-corrected chi connectivity index (χ0v) is 11.8. The number of rotatable bonds is 1. The Kier molecular flexibility index (Phi) is 2.67. The molecule has 2 heterocycles. The van der Waals surface area contributed by atoms with Crippen LogP contribution >= 0.6 is 0 Å². The molecule has 20 heavy (non-hydrogen) atoms. The smallest absolute Gasteiger partial charge is 0.240 e. The minimum Gasteiger partial charge on any atom is -0.325 e. The number of carbonyl (C=O) groups excluding carboxylic acids is 2. The van der Waals surface area contributed by atoms with Crippen molar-refractivity contribution in [2.24, 2.45) is 11.0 Å². The van der Waals surface area contributed by atoms with Crippen LogP contribution in [0.15, 0.2) is 23.3 Å². The van der Waals surface area contributed by atoms with Crippen LogP contribution in [0.3, 0.4) is 0 Å². The highest BCUT2D eigenvalue weighted by atomic mass is 16.2. The van der Waals surface area contributed by atoms with Crippen LogP contribution in [0.2, 0.25) is 0 Å². The molecule has 0 spiro atoms. The minimum atomic E-state index is -0.535. The van der Waals surface area contributed by atoms with Crippen molar-refractivity contribution >= 4 is 23.2 Å². The Balaban J connectivity index is 2.05. The summed E-state index contributed by atoms with van der Waals surface area (Å²) in [7, 11) is 0. The van der Waals surface area contributed by atoms with Crippen LogP contribution in [0, 0.1) is 5.92 Å². The second-order valence-corrected chi connectivity index (χ2v) is 5.98. The molecule has 5 heteroatoms. The summed E-state index contributed by atoms with van der Waals surface area (Å²) >= 11 is 0. The highest BCUT2D eigenvalue weighted by molar-refractivity contribution is 6.09. The number of nitrogens with one attached hydrogen (secondary N) is 2. The van der Waals surface area contributed by atoms with Gasteiger partial charge in [-0.15, -0.1) is 0 Å². The standard InChI is InChI=1S/C15H17N3O2/c1-8-6-12(19)17-18-13(8)9-4-5-11-10(7-9)15(2,3)14(20)16-11/h4-5,7-8H,6H2,1-3H3,(H,16,20)(H,17,19). The molecule has 0 radical (unpaired) electrons. The number of hydrogen-bond donors (Lipinski definition) is 2.